The Kier molecular flexibility index (Phi) is 9.62. The number of benzene rings is 1. The van der Waals surface area contributed by atoms with Gasteiger partial charge in [-0.25, -0.2) is 0 Å². The molecule has 7 nitrogen and oxygen atoms in total. The van der Waals surface area contributed by atoms with E-state index in [0.29, 0.717) is 5.75 Å². The number of aliphatic hydroxyl groups is 3. The highest BCUT2D eigenvalue weighted by Gasteiger charge is 2.20. The molecule has 0 fully saturated rings. The average molecular weight is 307 g/mol. The predicted molar refractivity (Wildman–Crippen MR) is 76.0 cm³/mol. The van der Waals surface area contributed by atoms with E-state index in [1.54, 1.807) is 12.1 Å². The van der Waals surface area contributed by atoms with Crippen molar-refractivity contribution in [1.29, 1.82) is 0 Å². The van der Waals surface area contributed by atoms with E-state index in [1.165, 1.54) is 0 Å². The molecular formula is C12H22NO6P. The molecule has 0 aromatic heterocycles. The van der Waals surface area contributed by atoms with Gasteiger partial charge < -0.3 is 35.4 Å². The van der Waals surface area contributed by atoms with Gasteiger partial charge in [-0.15, -0.1) is 0 Å². The SMILES string of the molecule is CCc1ccccc1OP(O)O.NC(CO)(CO)CO. The van der Waals surface area contributed by atoms with E-state index in [1.807, 2.05) is 19.1 Å². The first kappa shape index (κ1) is 19.2. The van der Waals surface area contributed by atoms with Gasteiger partial charge in [0.2, 0.25) is 0 Å². The summed E-state index contributed by atoms with van der Waals surface area (Å²) in [5, 5.41) is 25.0. The molecule has 0 aliphatic heterocycles. The number of para-hydroxylation sites is 1. The van der Waals surface area contributed by atoms with Crippen LogP contribution in [0.4, 0.5) is 0 Å². The summed E-state index contributed by atoms with van der Waals surface area (Å²) in [6.45, 7) is 0.777. The Balaban J connectivity index is 0.000000396. The zero-order chi connectivity index (χ0) is 15.6. The fraction of sp³-hybridized carbons (Fsp3) is 0.500. The summed E-state index contributed by atoms with van der Waals surface area (Å²) in [5.74, 6) is 0.552. The quantitative estimate of drug-likeness (QED) is 0.390. The molecule has 116 valence electrons. The largest absolute Gasteiger partial charge is 0.427 e. The molecule has 0 saturated carbocycles. The summed E-state index contributed by atoms with van der Waals surface area (Å²) in [6, 6.07) is 7.31. The minimum atomic E-state index is -2.30. The first-order valence-electron chi connectivity index (χ1n) is 5.97. The van der Waals surface area contributed by atoms with Gasteiger partial charge in [-0.05, 0) is 18.1 Å². The van der Waals surface area contributed by atoms with E-state index < -0.39 is 34.0 Å². The average Bonchev–Trinajstić information content (AvgIpc) is 2.47. The molecule has 0 spiro atoms. The van der Waals surface area contributed by atoms with Gasteiger partial charge >= 0.3 is 8.60 Å². The molecule has 1 aromatic carbocycles. The zero-order valence-corrected chi connectivity index (χ0v) is 12.2. The van der Waals surface area contributed by atoms with Crippen LogP contribution >= 0.6 is 8.60 Å². The molecule has 0 saturated heterocycles. The zero-order valence-electron chi connectivity index (χ0n) is 11.3. The lowest BCUT2D eigenvalue weighted by atomic mass is 10.1. The van der Waals surface area contributed by atoms with Crippen molar-refractivity contribution in [3.05, 3.63) is 29.8 Å². The van der Waals surface area contributed by atoms with Gasteiger partial charge in [-0.3, -0.25) is 0 Å². The molecule has 20 heavy (non-hydrogen) atoms. The lowest BCUT2D eigenvalue weighted by Crippen LogP contribution is -2.50. The summed E-state index contributed by atoms with van der Waals surface area (Å²) in [4.78, 5) is 17.2. The Bertz CT molecular complexity index is 364. The van der Waals surface area contributed by atoms with Gasteiger partial charge in [0.25, 0.3) is 0 Å². The van der Waals surface area contributed by atoms with E-state index in [2.05, 4.69) is 0 Å². The Morgan fingerprint density at radius 1 is 1.10 bits per heavy atom. The molecule has 1 aromatic rings. The molecule has 1 rings (SSSR count). The first-order valence-corrected chi connectivity index (χ1v) is 7.14. The van der Waals surface area contributed by atoms with Crippen LogP contribution in [0.15, 0.2) is 24.3 Å². The molecule has 0 bridgehead atoms. The van der Waals surface area contributed by atoms with E-state index in [9.17, 15) is 0 Å². The molecule has 0 heterocycles. The normalized spacial score (nSPS) is 11.0. The Morgan fingerprint density at radius 3 is 1.95 bits per heavy atom. The first-order chi connectivity index (χ1) is 9.42. The monoisotopic (exact) mass is 307 g/mol. The predicted octanol–water partition coefficient (Wildman–Crippen LogP) is -0.500. The topological polar surface area (TPSA) is 136 Å². The number of rotatable bonds is 6. The summed E-state index contributed by atoms with van der Waals surface area (Å²) in [5.41, 5.74) is 4.92. The summed E-state index contributed by atoms with van der Waals surface area (Å²) in [6.07, 6.45) is 0.819. The molecule has 0 unspecified atom stereocenters. The molecule has 0 radical (unpaired) electrons. The van der Waals surface area contributed by atoms with Gasteiger partial charge in [0.15, 0.2) is 0 Å². The van der Waals surface area contributed by atoms with Crippen molar-refractivity contribution in [2.75, 3.05) is 19.8 Å². The lowest BCUT2D eigenvalue weighted by molar-refractivity contribution is 0.0697. The van der Waals surface area contributed by atoms with Crippen LogP contribution in [0, 0.1) is 0 Å². The highest BCUT2D eigenvalue weighted by Crippen LogP contribution is 2.31. The van der Waals surface area contributed by atoms with E-state index >= 15 is 0 Å². The van der Waals surface area contributed by atoms with Gasteiger partial charge in [-0.2, -0.15) is 0 Å². The van der Waals surface area contributed by atoms with Gasteiger partial charge in [0, 0.05) is 0 Å². The number of aryl methyl sites for hydroxylation is 1. The second-order valence-electron chi connectivity index (χ2n) is 4.14. The fourth-order valence-corrected chi connectivity index (χ4v) is 1.48. The van der Waals surface area contributed by atoms with Crippen LogP contribution < -0.4 is 10.3 Å². The standard InChI is InChI=1S/C8H11O3P.C4H11NO3/c1-2-7-5-3-4-6-8(7)11-12(9)10;5-4(1-6,2-7)3-8/h3-6,9-10H,2H2,1H3;6-8H,1-3,5H2. The second-order valence-corrected chi connectivity index (χ2v) is 4.83. The molecule has 7 N–H and O–H groups in total. The van der Waals surface area contributed by atoms with Crippen molar-refractivity contribution in [2.45, 2.75) is 18.9 Å². The maximum absolute atomic E-state index is 8.62. The van der Waals surface area contributed by atoms with Gasteiger partial charge in [0.1, 0.15) is 5.75 Å². The van der Waals surface area contributed by atoms with Crippen LogP contribution in [0.5, 0.6) is 5.75 Å². The summed E-state index contributed by atoms with van der Waals surface area (Å²) < 4.78 is 4.81. The molecule has 0 amide bonds. The molecule has 0 aliphatic carbocycles. The van der Waals surface area contributed by atoms with E-state index in [-0.39, 0.29) is 0 Å². The summed E-state index contributed by atoms with van der Waals surface area (Å²) in [7, 11) is -2.30. The number of nitrogens with two attached hydrogens (primary N) is 1. The van der Waals surface area contributed by atoms with Crippen LogP contribution in [0.25, 0.3) is 0 Å². The van der Waals surface area contributed by atoms with Crippen LogP contribution in [-0.4, -0.2) is 50.5 Å². The Morgan fingerprint density at radius 2 is 1.60 bits per heavy atom. The van der Waals surface area contributed by atoms with Crippen LogP contribution in [-0.2, 0) is 6.42 Å². The summed E-state index contributed by atoms with van der Waals surface area (Å²) >= 11 is 0. The third-order valence-electron chi connectivity index (χ3n) is 2.48. The van der Waals surface area contributed by atoms with Crippen LogP contribution in [0.1, 0.15) is 12.5 Å². The second kappa shape index (κ2) is 10.0. The van der Waals surface area contributed by atoms with Crippen molar-refractivity contribution in [3.63, 3.8) is 0 Å². The third-order valence-corrected chi connectivity index (χ3v) is 2.84. The number of hydrogen-bond donors (Lipinski definition) is 6. The highest BCUT2D eigenvalue weighted by molar-refractivity contribution is 7.39. The van der Waals surface area contributed by atoms with Crippen LogP contribution in [0.3, 0.4) is 0 Å². The maximum atomic E-state index is 8.62. The molecule has 0 aliphatic rings. The highest BCUT2D eigenvalue weighted by atomic mass is 31.2. The lowest BCUT2D eigenvalue weighted by Gasteiger charge is -2.20. The minimum Gasteiger partial charge on any atom is -0.427 e. The van der Waals surface area contributed by atoms with Crippen molar-refractivity contribution >= 4 is 8.60 Å². The van der Waals surface area contributed by atoms with E-state index in [0.717, 1.165) is 12.0 Å². The van der Waals surface area contributed by atoms with E-state index in [4.69, 9.17) is 35.4 Å². The van der Waals surface area contributed by atoms with Crippen molar-refractivity contribution in [1.82, 2.24) is 0 Å². The minimum absolute atomic E-state index is 0.403. The van der Waals surface area contributed by atoms with Gasteiger partial charge in [0.05, 0.1) is 25.4 Å². The number of hydrogen-bond acceptors (Lipinski definition) is 7. The maximum Gasteiger partial charge on any atom is 0.391 e. The van der Waals surface area contributed by atoms with Crippen molar-refractivity contribution in [2.24, 2.45) is 5.73 Å². The van der Waals surface area contributed by atoms with Crippen molar-refractivity contribution < 1.29 is 29.6 Å². The fourth-order valence-electron chi connectivity index (χ4n) is 1.12. The molecule has 8 heteroatoms. The Hall–Kier alpha value is -0.790. The third kappa shape index (κ3) is 7.12. The van der Waals surface area contributed by atoms with Gasteiger partial charge in [-0.1, -0.05) is 25.1 Å². The van der Waals surface area contributed by atoms with Crippen LogP contribution in [0.2, 0.25) is 0 Å². The smallest absolute Gasteiger partial charge is 0.391 e. The molecular weight excluding hydrogens is 285 g/mol. The molecule has 0 atom stereocenters. The number of aliphatic hydroxyl groups excluding tert-OH is 3. The van der Waals surface area contributed by atoms with Crippen molar-refractivity contribution in [3.8, 4) is 5.75 Å². The Labute approximate surface area is 119 Å².